The number of rotatable bonds is 2. The minimum atomic E-state index is -1.39. The molecule has 14 heavy (non-hydrogen) atoms. The number of carbonyl (C=O) groups excluding carboxylic acids is 1. The van der Waals surface area contributed by atoms with Crippen molar-refractivity contribution in [1.29, 1.82) is 0 Å². The van der Waals surface area contributed by atoms with Crippen LogP contribution >= 0.6 is 0 Å². The summed E-state index contributed by atoms with van der Waals surface area (Å²) in [7, 11) is 0. The predicted molar refractivity (Wildman–Crippen MR) is 46.7 cm³/mol. The third-order valence-electron chi connectivity index (χ3n) is 1.63. The van der Waals surface area contributed by atoms with Gasteiger partial charge in [-0.2, -0.15) is 0 Å². The van der Waals surface area contributed by atoms with Crippen LogP contribution in [0.4, 0.5) is 0 Å². The van der Waals surface area contributed by atoms with E-state index in [2.05, 4.69) is 0 Å². The molecule has 0 heterocycles. The molecule has 1 rings (SSSR count). The van der Waals surface area contributed by atoms with Crippen molar-refractivity contribution in [3.05, 3.63) is 29.3 Å². The Morgan fingerprint density at radius 3 is 2.50 bits per heavy atom. The standard InChI is InChI=1S/C8H8N2O4/c9-10-7(12)4-2-1-3-5(11)6(4)8(13)14/h1-3,11H,9H2,(H,10,12)(H,13,14). The average molecular weight is 196 g/mol. The molecule has 1 amide bonds. The van der Waals surface area contributed by atoms with E-state index in [4.69, 9.17) is 10.9 Å². The summed E-state index contributed by atoms with van der Waals surface area (Å²) in [5, 5.41) is 17.9. The zero-order valence-electron chi connectivity index (χ0n) is 7.02. The van der Waals surface area contributed by atoms with Crippen LogP contribution in [0, 0.1) is 0 Å². The Balaban J connectivity index is 3.35. The number of nitrogens with two attached hydrogens (primary N) is 1. The van der Waals surface area contributed by atoms with Gasteiger partial charge in [-0.05, 0) is 12.1 Å². The molecule has 0 aromatic heterocycles. The number of carbonyl (C=O) groups is 2. The Hall–Kier alpha value is -2.08. The molecular weight excluding hydrogens is 188 g/mol. The van der Waals surface area contributed by atoms with Crippen molar-refractivity contribution < 1.29 is 19.8 Å². The molecule has 0 fully saturated rings. The van der Waals surface area contributed by atoms with E-state index in [1.54, 1.807) is 5.43 Å². The maximum Gasteiger partial charge on any atom is 0.340 e. The molecule has 0 unspecified atom stereocenters. The summed E-state index contributed by atoms with van der Waals surface area (Å²) in [6.07, 6.45) is 0. The zero-order chi connectivity index (χ0) is 10.7. The number of aromatic hydroxyl groups is 1. The van der Waals surface area contributed by atoms with E-state index < -0.39 is 23.2 Å². The summed E-state index contributed by atoms with van der Waals surface area (Å²) < 4.78 is 0. The number of aromatic carboxylic acids is 1. The number of benzene rings is 1. The van der Waals surface area contributed by atoms with Crippen molar-refractivity contribution in [2.24, 2.45) is 5.84 Å². The molecule has 0 saturated heterocycles. The van der Waals surface area contributed by atoms with Crippen LogP contribution in [0.25, 0.3) is 0 Å². The van der Waals surface area contributed by atoms with Crippen molar-refractivity contribution >= 4 is 11.9 Å². The molecule has 6 nitrogen and oxygen atoms in total. The van der Waals surface area contributed by atoms with Crippen molar-refractivity contribution in [2.45, 2.75) is 0 Å². The monoisotopic (exact) mass is 196 g/mol. The second kappa shape index (κ2) is 3.75. The lowest BCUT2D eigenvalue weighted by Crippen LogP contribution is -2.31. The third kappa shape index (κ3) is 1.64. The molecule has 1 aromatic rings. The van der Waals surface area contributed by atoms with Crippen LogP contribution in [-0.4, -0.2) is 22.1 Å². The molecule has 0 bridgehead atoms. The summed E-state index contributed by atoms with van der Waals surface area (Å²) in [6.45, 7) is 0. The summed E-state index contributed by atoms with van der Waals surface area (Å²) in [6, 6.07) is 3.79. The van der Waals surface area contributed by atoms with E-state index in [-0.39, 0.29) is 5.56 Å². The largest absolute Gasteiger partial charge is 0.507 e. The number of phenols is 1. The third-order valence-corrected chi connectivity index (χ3v) is 1.63. The SMILES string of the molecule is NNC(=O)c1cccc(O)c1C(=O)O. The normalized spacial score (nSPS) is 9.50. The van der Waals surface area contributed by atoms with Gasteiger partial charge in [0.15, 0.2) is 0 Å². The first kappa shape index (κ1) is 10.0. The molecule has 0 aliphatic carbocycles. The van der Waals surface area contributed by atoms with Gasteiger partial charge in [0.2, 0.25) is 0 Å². The van der Waals surface area contributed by atoms with Crippen LogP contribution in [0.15, 0.2) is 18.2 Å². The Kier molecular flexibility index (Phi) is 2.68. The first-order valence-corrected chi connectivity index (χ1v) is 3.64. The highest BCUT2D eigenvalue weighted by Crippen LogP contribution is 2.20. The van der Waals surface area contributed by atoms with Crippen LogP contribution in [0.1, 0.15) is 20.7 Å². The highest BCUT2D eigenvalue weighted by molar-refractivity contribution is 6.06. The summed E-state index contributed by atoms with van der Waals surface area (Å²) in [5.41, 5.74) is 1.15. The molecule has 74 valence electrons. The molecule has 0 atom stereocenters. The quantitative estimate of drug-likeness (QED) is 0.294. The number of hydrogen-bond donors (Lipinski definition) is 4. The van der Waals surface area contributed by atoms with Crippen molar-refractivity contribution in [3.8, 4) is 5.75 Å². The van der Waals surface area contributed by atoms with Crippen LogP contribution in [-0.2, 0) is 0 Å². The molecule has 0 saturated carbocycles. The molecule has 5 N–H and O–H groups in total. The van der Waals surface area contributed by atoms with Gasteiger partial charge in [-0.1, -0.05) is 6.07 Å². The minimum absolute atomic E-state index is 0.181. The van der Waals surface area contributed by atoms with Crippen molar-refractivity contribution in [3.63, 3.8) is 0 Å². The highest BCUT2D eigenvalue weighted by Gasteiger charge is 2.19. The number of carboxylic acids is 1. The average Bonchev–Trinajstić information content (AvgIpc) is 2.15. The van der Waals surface area contributed by atoms with Crippen molar-refractivity contribution in [1.82, 2.24) is 5.43 Å². The zero-order valence-corrected chi connectivity index (χ0v) is 7.02. The summed E-state index contributed by atoms with van der Waals surface area (Å²) >= 11 is 0. The molecular formula is C8H8N2O4. The van der Waals surface area contributed by atoms with E-state index in [9.17, 15) is 14.7 Å². The first-order chi connectivity index (χ1) is 6.57. The van der Waals surface area contributed by atoms with Crippen LogP contribution in [0.5, 0.6) is 5.75 Å². The van der Waals surface area contributed by atoms with Gasteiger partial charge < -0.3 is 10.2 Å². The molecule has 0 spiro atoms. The summed E-state index contributed by atoms with van der Waals surface area (Å²) in [5.74, 6) is 2.22. The van der Waals surface area contributed by atoms with Gasteiger partial charge in [-0.3, -0.25) is 10.2 Å². The van der Waals surface area contributed by atoms with Crippen LogP contribution in [0.3, 0.4) is 0 Å². The smallest absolute Gasteiger partial charge is 0.340 e. The van der Waals surface area contributed by atoms with E-state index in [0.717, 1.165) is 0 Å². The minimum Gasteiger partial charge on any atom is -0.507 e. The first-order valence-electron chi connectivity index (χ1n) is 3.64. The second-order valence-corrected chi connectivity index (χ2v) is 2.48. The Bertz CT molecular complexity index is 389. The molecule has 0 aliphatic heterocycles. The predicted octanol–water partition coefficient (Wildman–Crippen LogP) is -0.306. The van der Waals surface area contributed by atoms with Gasteiger partial charge in [-0.15, -0.1) is 0 Å². The van der Waals surface area contributed by atoms with E-state index in [1.165, 1.54) is 18.2 Å². The topological polar surface area (TPSA) is 113 Å². The van der Waals surface area contributed by atoms with Crippen LogP contribution < -0.4 is 11.3 Å². The lowest BCUT2D eigenvalue weighted by Gasteiger charge is -2.05. The van der Waals surface area contributed by atoms with Gasteiger partial charge in [0.25, 0.3) is 5.91 Å². The molecule has 6 heteroatoms. The Morgan fingerprint density at radius 2 is 2.00 bits per heavy atom. The number of hydrogen-bond acceptors (Lipinski definition) is 4. The van der Waals surface area contributed by atoms with E-state index >= 15 is 0 Å². The molecule has 0 radical (unpaired) electrons. The number of amides is 1. The maximum absolute atomic E-state index is 11.1. The lowest BCUT2D eigenvalue weighted by molar-refractivity contribution is 0.0687. The molecule has 1 aromatic carbocycles. The lowest BCUT2D eigenvalue weighted by atomic mass is 10.1. The maximum atomic E-state index is 11.1. The van der Waals surface area contributed by atoms with E-state index in [0.29, 0.717) is 0 Å². The van der Waals surface area contributed by atoms with Gasteiger partial charge >= 0.3 is 5.97 Å². The molecule has 0 aliphatic rings. The van der Waals surface area contributed by atoms with E-state index in [1.807, 2.05) is 0 Å². The second-order valence-electron chi connectivity index (χ2n) is 2.48. The van der Waals surface area contributed by atoms with Gasteiger partial charge in [0.1, 0.15) is 11.3 Å². The fourth-order valence-corrected chi connectivity index (χ4v) is 1.03. The Labute approximate surface area is 78.9 Å². The number of nitrogen functional groups attached to an aromatic ring is 1. The van der Waals surface area contributed by atoms with Crippen LogP contribution in [0.2, 0.25) is 0 Å². The fourth-order valence-electron chi connectivity index (χ4n) is 1.03. The van der Waals surface area contributed by atoms with Crippen molar-refractivity contribution in [2.75, 3.05) is 0 Å². The number of hydrazine groups is 1. The van der Waals surface area contributed by atoms with Gasteiger partial charge in [-0.25, -0.2) is 10.6 Å². The number of carboxylic acid groups (broad SMARTS) is 1. The Morgan fingerprint density at radius 1 is 1.36 bits per heavy atom. The van der Waals surface area contributed by atoms with Gasteiger partial charge in [0, 0.05) is 0 Å². The van der Waals surface area contributed by atoms with Gasteiger partial charge in [0.05, 0.1) is 5.56 Å². The fraction of sp³-hybridized carbons (Fsp3) is 0. The summed E-state index contributed by atoms with van der Waals surface area (Å²) in [4.78, 5) is 21.8. The highest BCUT2D eigenvalue weighted by atomic mass is 16.4. The number of nitrogens with one attached hydrogen (secondary N) is 1.